The number of ether oxygens (including phenoxy) is 2. The van der Waals surface area contributed by atoms with Crippen LogP contribution in [-0.2, 0) is 17.6 Å². The van der Waals surface area contributed by atoms with E-state index in [0.29, 0.717) is 11.5 Å². The minimum Gasteiger partial charge on any atom is -0.485 e. The molecule has 1 aliphatic carbocycles. The van der Waals surface area contributed by atoms with E-state index >= 15 is 0 Å². The first-order valence-corrected chi connectivity index (χ1v) is 9.01. The Bertz CT molecular complexity index is 786. The van der Waals surface area contributed by atoms with Gasteiger partial charge in [-0.15, -0.1) is 0 Å². The summed E-state index contributed by atoms with van der Waals surface area (Å²) in [5.41, 5.74) is 4.02. The quantitative estimate of drug-likeness (QED) is 0.931. The molecule has 0 fully saturated rings. The molecule has 0 aromatic heterocycles. The van der Waals surface area contributed by atoms with E-state index in [-0.39, 0.29) is 18.6 Å². The molecule has 2 aliphatic rings. The summed E-state index contributed by atoms with van der Waals surface area (Å²) in [5.74, 6) is 1.17. The second-order valence-electron chi connectivity index (χ2n) is 6.83. The number of carbonyl (C=O) groups excluding carboxylic acids is 1. The molecule has 25 heavy (non-hydrogen) atoms. The van der Waals surface area contributed by atoms with Gasteiger partial charge in [0.1, 0.15) is 6.61 Å². The van der Waals surface area contributed by atoms with Crippen LogP contribution in [0.3, 0.4) is 0 Å². The summed E-state index contributed by atoms with van der Waals surface area (Å²) in [6.45, 7) is 2.25. The SMILES string of the molecule is C[C@H](NC(=O)[C@@H]1COc2ccccc2O1)c1ccc2c(c1)CCCC2. The van der Waals surface area contributed by atoms with Crippen molar-refractivity contribution in [2.24, 2.45) is 0 Å². The number of nitrogens with one attached hydrogen (secondary N) is 1. The van der Waals surface area contributed by atoms with Gasteiger partial charge in [0.2, 0.25) is 6.10 Å². The average Bonchev–Trinajstić information content (AvgIpc) is 2.67. The second-order valence-corrected chi connectivity index (χ2v) is 6.83. The van der Waals surface area contributed by atoms with E-state index in [9.17, 15) is 4.79 Å². The first-order valence-electron chi connectivity index (χ1n) is 9.01. The average molecular weight is 337 g/mol. The van der Waals surface area contributed by atoms with Gasteiger partial charge in [0.25, 0.3) is 5.91 Å². The third-order valence-electron chi connectivity index (χ3n) is 5.03. The van der Waals surface area contributed by atoms with E-state index in [1.54, 1.807) is 0 Å². The number of benzene rings is 2. The zero-order chi connectivity index (χ0) is 17.2. The first kappa shape index (κ1) is 16.0. The maximum Gasteiger partial charge on any atom is 0.265 e. The molecule has 0 unspecified atom stereocenters. The van der Waals surface area contributed by atoms with E-state index in [4.69, 9.17) is 9.47 Å². The fourth-order valence-corrected chi connectivity index (χ4v) is 3.56. The number of hydrogen-bond donors (Lipinski definition) is 1. The molecule has 4 rings (SSSR count). The van der Waals surface area contributed by atoms with Crippen molar-refractivity contribution in [3.8, 4) is 11.5 Å². The molecule has 4 heteroatoms. The number of rotatable bonds is 3. The minimum atomic E-state index is -0.616. The van der Waals surface area contributed by atoms with Crippen LogP contribution in [0.2, 0.25) is 0 Å². The molecule has 1 aliphatic heterocycles. The molecule has 1 heterocycles. The highest BCUT2D eigenvalue weighted by Gasteiger charge is 2.28. The topological polar surface area (TPSA) is 47.6 Å². The van der Waals surface area contributed by atoms with Crippen LogP contribution in [0.4, 0.5) is 0 Å². The van der Waals surface area contributed by atoms with Gasteiger partial charge in [-0.3, -0.25) is 4.79 Å². The number of para-hydroxylation sites is 2. The Hall–Kier alpha value is -2.49. The van der Waals surface area contributed by atoms with Gasteiger partial charge in [-0.2, -0.15) is 0 Å². The maximum atomic E-state index is 12.6. The minimum absolute atomic E-state index is 0.0551. The summed E-state index contributed by atoms with van der Waals surface area (Å²) >= 11 is 0. The molecule has 130 valence electrons. The monoisotopic (exact) mass is 337 g/mol. The standard InChI is InChI=1S/C21H23NO3/c1-14(16-11-10-15-6-2-3-7-17(15)12-16)22-21(23)20-13-24-18-8-4-5-9-19(18)25-20/h4-5,8-12,14,20H,2-3,6-7,13H2,1H3,(H,22,23)/t14-,20-/m0/s1. The van der Waals surface area contributed by atoms with Crippen molar-refractivity contribution >= 4 is 5.91 Å². The zero-order valence-electron chi connectivity index (χ0n) is 14.5. The molecule has 1 N–H and O–H groups in total. The Morgan fingerprint density at radius 2 is 1.84 bits per heavy atom. The van der Waals surface area contributed by atoms with Crippen LogP contribution >= 0.6 is 0 Å². The molecule has 4 nitrogen and oxygen atoms in total. The van der Waals surface area contributed by atoms with Crippen molar-refractivity contribution in [2.75, 3.05) is 6.61 Å². The van der Waals surface area contributed by atoms with E-state index in [1.165, 1.54) is 30.4 Å². The van der Waals surface area contributed by atoms with Gasteiger partial charge in [0, 0.05) is 0 Å². The Morgan fingerprint density at radius 3 is 2.68 bits per heavy atom. The summed E-state index contributed by atoms with van der Waals surface area (Å²) in [5, 5.41) is 3.06. The van der Waals surface area contributed by atoms with Crippen LogP contribution in [0.5, 0.6) is 11.5 Å². The van der Waals surface area contributed by atoms with Crippen LogP contribution in [-0.4, -0.2) is 18.6 Å². The Labute approximate surface area is 148 Å². The molecule has 0 spiro atoms. The van der Waals surface area contributed by atoms with E-state index in [2.05, 4.69) is 23.5 Å². The highest BCUT2D eigenvalue weighted by Crippen LogP contribution is 2.31. The van der Waals surface area contributed by atoms with Gasteiger partial charge in [-0.25, -0.2) is 0 Å². The number of aryl methyl sites for hydroxylation is 2. The number of hydrogen-bond acceptors (Lipinski definition) is 3. The van der Waals surface area contributed by atoms with Gasteiger partial charge in [-0.1, -0.05) is 30.3 Å². The molecule has 0 bridgehead atoms. The van der Waals surface area contributed by atoms with Gasteiger partial charge < -0.3 is 14.8 Å². The summed E-state index contributed by atoms with van der Waals surface area (Å²) in [6.07, 6.45) is 4.22. The predicted octanol–water partition coefficient (Wildman–Crippen LogP) is 3.58. The van der Waals surface area contributed by atoms with Crippen molar-refractivity contribution < 1.29 is 14.3 Å². The molecule has 2 aromatic rings. The second kappa shape index (κ2) is 6.79. The maximum absolute atomic E-state index is 12.6. The molecule has 2 atom stereocenters. The van der Waals surface area contributed by atoms with Crippen molar-refractivity contribution in [3.05, 3.63) is 59.2 Å². The molecular weight excluding hydrogens is 314 g/mol. The van der Waals surface area contributed by atoms with Crippen LogP contribution in [0.15, 0.2) is 42.5 Å². The fraction of sp³-hybridized carbons (Fsp3) is 0.381. The lowest BCUT2D eigenvalue weighted by atomic mass is 9.89. The molecule has 0 saturated carbocycles. The zero-order valence-corrected chi connectivity index (χ0v) is 14.5. The normalized spacial score (nSPS) is 19.6. The van der Waals surface area contributed by atoms with Crippen molar-refractivity contribution in [2.45, 2.75) is 44.8 Å². The van der Waals surface area contributed by atoms with E-state index in [1.807, 2.05) is 31.2 Å². The Balaban J connectivity index is 1.42. The largest absolute Gasteiger partial charge is 0.485 e. The van der Waals surface area contributed by atoms with Crippen LogP contribution < -0.4 is 14.8 Å². The van der Waals surface area contributed by atoms with Gasteiger partial charge in [0.15, 0.2) is 11.5 Å². The smallest absolute Gasteiger partial charge is 0.265 e. The lowest BCUT2D eigenvalue weighted by molar-refractivity contribution is -0.131. The van der Waals surface area contributed by atoms with Crippen LogP contribution in [0.1, 0.15) is 42.5 Å². The van der Waals surface area contributed by atoms with Crippen LogP contribution in [0, 0.1) is 0 Å². The molecule has 0 saturated heterocycles. The lowest BCUT2D eigenvalue weighted by Crippen LogP contribution is -2.44. The Kier molecular flexibility index (Phi) is 4.35. The third kappa shape index (κ3) is 3.34. The number of fused-ring (bicyclic) bond motifs is 2. The third-order valence-corrected chi connectivity index (χ3v) is 5.03. The Morgan fingerprint density at radius 1 is 1.08 bits per heavy atom. The summed E-state index contributed by atoms with van der Waals surface area (Å²) in [4.78, 5) is 12.6. The molecule has 0 radical (unpaired) electrons. The lowest BCUT2D eigenvalue weighted by Gasteiger charge is -2.27. The number of amides is 1. The highest BCUT2D eigenvalue weighted by molar-refractivity contribution is 5.82. The summed E-state index contributed by atoms with van der Waals surface area (Å²) in [6, 6.07) is 14.0. The van der Waals surface area contributed by atoms with E-state index in [0.717, 1.165) is 12.0 Å². The molecular formula is C21H23NO3. The summed E-state index contributed by atoms with van der Waals surface area (Å²) in [7, 11) is 0. The van der Waals surface area contributed by atoms with Gasteiger partial charge in [0.05, 0.1) is 6.04 Å². The van der Waals surface area contributed by atoms with Crippen molar-refractivity contribution in [1.29, 1.82) is 0 Å². The summed E-state index contributed by atoms with van der Waals surface area (Å²) < 4.78 is 11.4. The highest BCUT2D eigenvalue weighted by atomic mass is 16.6. The van der Waals surface area contributed by atoms with Crippen LogP contribution in [0.25, 0.3) is 0 Å². The van der Waals surface area contributed by atoms with Gasteiger partial charge >= 0.3 is 0 Å². The number of carbonyl (C=O) groups is 1. The first-order chi connectivity index (χ1) is 12.2. The molecule has 1 amide bonds. The van der Waals surface area contributed by atoms with E-state index < -0.39 is 6.10 Å². The predicted molar refractivity (Wildman–Crippen MR) is 96.0 cm³/mol. The fourth-order valence-electron chi connectivity index (χ4n) is 3.56. The van der Waals surface area contributed by atoms with Crippen molar-refractivity contribution in [1.82, 2.24) is 5.32 Å². The van der Waals surface area contributed by atoms with Gasteiger partial charge in [-0.05, 0) is 61.4 Å². The molecule has 2 aromatic carbocycles. The van der Waals surface area contributed by atoms with Crippen molar-refractivity contribution in [3.63, 3.8) is 0 Å².